The van der Waals surface area contributed by atoms with Gasteiger partial charge < -0.3 is 4.74 Å². The van der Waals surface area contributed by atoms with E-state index in [0.717, 1.165) is 33.7 Å². The maximum Gasteiger partial charge on any atom is 0.330 e. The Balaban J connectivity index is 1.95. The predicted molar refractivity (Wildman–Crippen MR) is 89.1 cm³/mol. The van der Waals surface area contributed by atoms with Crippen molar-refractivity contribution < 1.29 is 14.4 Å². The summed E-state index contributed by atoms with van der Waals surface area (Å²) in [6.07, 6.45) is 2.46. The third kappa shape index (κ3) is 1.87. The van der Waals surface area contributed by atoms with Gasteiger partial charge in [0, 0.05) is 7.11 Å². The van der Waals surface area contributed by atoms with Gasteiger partial charge in [-0.15, -0.1) is 6.58 Å². The molecule has 2 aromatic carbocycles. The van der Waals surface area contributed by atoms with E-state index < -0.39 is 5.41 Å². The van der Waals surface area contributed by atoms with Crippen LogP contribution in [0.3, 0.4) is 0 Å². The lowest BCUT2D eigenvalue weighted by atomic mass is 9.74. The molecule has 0 saturated carbocycles. The molecular formula is C20H20NO2+. The molecule has 2 aromatic rings. The van der Waals surface area contributed by atoms with Gasteiger partial charge >= 0.3 is 5.91 Å². The SMILES string of the molecule is C=CCC1(C(=O)[NH+]2CC2OC)c2ccccc2-c2ccccc21. The van der Waals surface area contributed by atoms with E-state index in [1.54, 1.807) is 7.11 Å². The number of rotatable bonds is 4. The van der Waals surface area contributed by atoms with Crippen LogP contribution in [0.4, 0.5) is 0 Å². The predicted octanol–water partition coefficient (Wildman–Crippen LogP) is 1.93. The van der Waals surface area contributed by atoms with Gasteiger partial charge in [0.15, 0.2) is 6.54 Å². The van der Waals surface area contributed by atoms with E-state index in [1.807, 2.05) is 30.3 Å². The zero-order valence-electron chi connectivity index (χ0n) is 13.2. The van der Waals surface area contributed by atoms with Gasteiger partial charge in [0.25, 0.3) is 0 Å². The Morgan fingerprint density at radius 2 is 1.78 bits per heavy atom. The summed E-state index contributed by atoms with van der Waals surface area (Å²) in [7, 11) is 1.67. The minimum atomic E-state index is -0.641. The molecule has 1 aliphatic carbocycles. The Morgan fingerprint density at radius 1 is 1.22 bits per heavy atom. The van der Waals surface area contributed by atoms with Crippen molar-refractivity contribution in [1.82, 2.24) is 0 Å². The van der Waals surface area contributed by atoms with Gasteiger partial charge in [-0.2, -0.15) is 0 Å². The Morgan fingerprint density at radius 3 is 2.26 bits per heavy atom. The highest BCUT2D eigenvalue weighted by atomic mass is 16.5. The van der Waals surface area contributed by atoms with E-state index in [4.69, 9.17) is 4.74 Å². The van der Waals surface area contributed by atoms with Crippen LogP contribution in [0.1, 0.15) is 17.5 Å². The van der Waals surface area contributed by atoms with E-state index in [2.05, 4.69) is 30.8 Å². The molecule has 1 heterocycles. The second-order valence-corrected chi connectivity index (χ2v) is 6.27. The van der Waals surface area contributed by atoms with Gasteiger partial charge in [0.05, 0.1) is 0 Å². The first-order valence-corrected chi connectivity index (χ1v) is 7.97. The largest absolute Gasteiger partial charge is 0.330 e. The maximum atomic E-state index is 13.4. The van der Waals surface area contributed by atoms with Gasteiger partial charge in [-0.05, 0) is 28.7 Å². The molecule has 116 valence electrons. The number of fused-ring (bicyclic) bond motifs is 3. The highest BCUT2D eigenvalue weighted by molar-refractivity contribution is 5.97. The summed E-state index contributed by atoms with van der Waals surface area (Å²) in [6.45, 7) is 4.67. The topological polar surface area (TPSA) is 30.7 Å². The van der Waals surface area contributed by atoms with Gasteiger partial charge in [-0.3, -0.25) is 0 Å². The highest BCUT2D eigenvalue weighted by Crippen LogP contribution is 2.50. The average Bonchev–Trinajstić information content (AvgIpc) is 3.34. The first-order valence-electron chi connectivity index (χ1n) is 7.97. The Kier molecular flexibility index (Phi) is 3.22. The maximum absolute atomic E-state index is 13.4. The number of methoxy groups -OCH3 is 1. The fourth-order valence-corrected chi connectivity index (χ4v) is 3.98. The summed E-state index contributed by atoms with van der Waals surface area (Å²) < 4.78 is 5.37. The lowest BCUT2D eigenvalue weighted by molar-refractivity contribution is -0.709. The third-order valence-corrected chi connectivity index (χ3v) is 5.11. The van der Waals surface area contributed by atoms with Crippen molar-refractivity contribution >= 4 is 5.91 Å². The number of benzene rings is 2. The van der Waals surface area contributed by atoms with Crippen molar-refractivity contribution in [2.24, 2.45) is 0 Å². The number of allylic oxidation sites excluding steroid dienone is 1. The molecule has 1 N–H and O–H groups in total. The summed E-state index contributed by atoms with van der Waals surface area (Å²) in [5.41, 5.74) is 3.88. The van der Waals surface area contributed by atoms with Crippen LogP contribution in [0, 0.1) is 0 Å². The molecule has 2 aliphatic rings. The number of hydrogen-bond acceptors (Lipinski definition) is 2. The summed E-state index contributed by atoms with van der Waals surface area (Å²) in [5.74, 6) is 0.196. The molecule has 23 heavy (non-hydrogen) atoms. The number of ether oxygens (including phenoxy) is 1. The number of amides is 1. The minimum Gasteiger partial charge on any atom is -0.328 e. The first kappa shape index (κ1) is 14.4. The lowest BCUT2D eigenvalue weighted by Crippen LogP contribution is -3.01. The summed E-state index contributed by atoms with van der Waals surface area (Å²) in [5, 5.41) is 0. The van der Waals surface area contributed by atoms with Crippen molar-refractivity contribution in [2.75, 3.05) is 13.7 Å². The molecule has 0 spiro atoms. The zero-order chi connectivity index (χ0) is 16.0. The van der Waals surface area contributed by atoms with Gasteiger partial charge in [0.1, 0.15) is 5.41 Å². The molecular weight excluding hydrogens is 286 g/mol. The van der Waals surface area contributed by atoms with E-state index in [9.17, 15) is 4.79 Å². The number of quaternary nitrogens is 1. The van der Waals surface area contributed by atoms with Gasteiger partial charge in [-0.1, -0.05) is 54.6 Å². The first-order chi connectivity index (χ1) is 11.2. The molecule has 1 amide bonds. The molecule has 1 saturated heterocycles. The molecule has 0 bridgehead atoms. The van der Waals surface area contributed by atoms with Crippen LogP contribution in [0.5, 0.6) is 0 Å². The standard InChI is InChI=1S/C20H19NO2/c1-3-12-20(19(22)21-13-18(21)23-2)16-10-6-4-8-14(16)15-9-5-7-11-17(15)20/h3-11,18H,1,12-13H2,2H3/p+1. The van der Waals surface area contributed by atoms with Crippen LogP contribution >= 0.6 is 0 Å². The van der Waals surface area contributed by atoms with E-state index in [-0.39, 0.29) is 12.1 Å². The van der Waals surface area contributed by atoms with Crippen LogP contribution < -0.4 is 4.90 Å². The average molecular weight is 306 g/mol. The number of carbonyl (C=O) groups excluding carboxylic acids is 1. The van der Waals surface area contributed by atoms with Crippen molar-refractivity contribution in [3.8, 4) is 11.1 Å². The fourth-order valence-electron chi connectivity index (χ4n) is 3.98. The van der Waals surface area contributed by atoms with Crippen LogP contribution in [0.2, 0.25) is 0 Å². The zero-order valence-corrected chi connectivity index (χ0v) is 13.2. The molecule has 0 aromatic heterocycles. The number of carbonyl (C=O) groups is 1. The monoisotopic (exact) mass is 306 g/mol. The summed E-state index contributed by atoms with van der Waals surface area (Å²) in [4.78, 5) is 14.4. The number of nitrogens with one attached hydrogen (secondary N) is 1. The molecule has 4 rings (SSSR count). The fraction of sp³-hybridized carbons (Fsp3) is 0.250. The summed E-state index contributed by atoms with van der Waals surface area (Å²) >= 11 is 0. The normalized spacial score (nSPS) is 23.0. The summed E-state index contributed by atoms with van der Waals surface area (Å²) in [6, 6.07) is 16.5. The third-order valence-electron chi connectivity index (χ3n) is 5.11. The van der Waals surface area contributed by atoms with E-state index >= 15 is 0 Å². The van der Waals surface area contributed by atoms with Crippen molar-refractivity contribution in [1.29, 1.82) is 0 Å². The highest BCUT2D eigenvalue weighted by Gasteiger charge is 2.59. The number of hydrogen-bond donors (Lipinski definition) is 1. The van der Waals surface area contributed by atoms with Crippen molar-refractivity contribution in [3.05, 3.63) is 72.3 Å². The Labute approximate surface area is 136 Å². The van der Waals surface area contributed by atoms with Crippen LogP contribution in [0.25, 0.3) is 11.1 Å². The molecule has 1 aliphatic heterocycles. The second-order valence-electron chi connectivity index (χ2n) is 6.27. The van der Waals surface area contributed by atoms with E-state index in [1.165, 1.54) is 0 Å². The lowest BCUT2D eigenvalue weighted by Gasteiger charge is -2.26. The van der Waals surface area contributed by atoms with Crippen molar-refractivity contribution in [2.45, 2.75) is 18.1 Å². The van der Waals surface area contributed by atoms with Gasteiger partial charge in [-0.25, -0.2) is 9.69 Å². The quantitative estimate of drug-likeness (QED) is 0.691. The second kappa shape index (κ2) is 5.15. The van der Waals surface area contributed by atoms with Crippen molar-refractivity contribution in [3.63, 3.8) is 0 Å². The Bertz CT molecular complexity index is 750. The van der Waals surface area contributed by atoms with Crippen LogP contribution in [-0.4, -0.2) is 25.8 Å². The molecule has 2 unspecified atom stereocenters. The van der Waals surface area contributed by atoms with Gasteiger partial charge in [0.2, 0.25) is 6.23 Å². The molecule has 3 nitrogen and oxygen atoms in total. The van der Waals surface area contributed by atoms with Crippen LogP contribution in [-0.2, 0) is 14.9 Å². The molecule has 0 radical (unpaired) electrons. The van der Waals surface area contributed by atoms with E-state index in [0.29, 0.717) is 6.42 Å². The smallest absolute Gasteiger partial charge is 0.328 e. The molecule has 1 fully saturated rings. The molecule has 2 atom stereocenters. The minimum absolute atomic E-state index is 0.0101. The van der Waals surface area contributed by atoms with Crippen LogP contribution in [0.15, 0.2) is 61.2 Å². The Hall–Kier alpha value is -2.23. The molecule has 3 heteroatoms.